The van der Waals surface area contributed by atoms with E-state index in [1.807, 2.05) is 127 Å². The Hall–Kier alpha value is -5.60. The molecule has 0 saturated carbocycles. The molecule has 0 spiro atoms. The Morgan fingerprint density at radius 1 is 0.455 bits per heavy atom. The van der Waals surface area contributed by atoms with Crippen molar-refractivity contribution in [1.29, 1.82) is 10.5 Å². The number of thiocarbonyl (C=S) groups is 2. The van der Waals surface area contributed by atoms with Gasteiger partial charge in [-0.25, -0.2) is 0 Å². The molecule has 6 aromatic rings. The van der Waals surface area contributed by atoms with Crippen LogP contribution in [0.4, 0.5) is 0 Å². The fraction of sp³-hybridized carbons (Fsp3) is 0. The number of isothiocyanates is 2. The van der Waals surface area contributed by atoms with Crippen LogP contribution in [0.15, 0.2) is 146 Å². The van der Waals surface area contributed by atoms with Gasteiger partial charge in [0.2, 0.25) is 0 Å². The first-order chi connectivity index (χ1) is 25.6. The van der Waals surface area contributed by atoms with Gasteiger partial charge in [-0.1, -0.05) is 60.8 Å². The SMILES string of the molecule is [C-]#N.[C-]#N.[Ir+3].[Ir+3].[Ir+3].[N-]=C=O.[N-]=C=O.[N-]=C=S.[N-]=C=S.[c-]1ccccc1-c1ccccn1.[c-]1ccccc1-c1ccccn1.[c-]1ccccc1-c1ccccn1. The van der Waals surface area contributed by atoms with Crippen LogP contribution in [-0.4, -0.2) is 37.4 Å². The van der Waals surface area contributed by atoms with Crippen LogP contribution >= 0.6 is 24.4 Å². The van der Waals surface area contributed by atoms with Crippen LogP contribution in [0.25, 0.3) is 55.4 Å². The smallest absolute Gasteiger partial charge is 0.753 e. The molecule has 0 saturated heterocycles. The third kappa shape index (κ3) is 35.2. The largest absolute Gasteiger partial charge is 3.00 e. The van der Waals surface area contributed by atoms with Gasteiger partial charge in [0.05, 0.1) is 0 Å². The normalized spacial score (nSPS) is 6.98. The van der Waals surface area contributed by atoms with Gasteiger partial charge in [-0.2, -0.15) is 10.3 Å². The molecule has 3 aromatic carbocycles. The van der Waals surface area contributed by atoms with Crippen LogP contribution in [0.1, 0.15) is 0 Å². The maximum absolute atomic E-state index is 8.24. The fourth-order valence-corrected chi connectivity index (χ4v) is 3.22. The number of hydrogen-bond acceptors (Lipinski definition) is 9. The molecule has 3 aromatic heterocycles. The molecule has 0 fully saturated rings. The van der Waals surface area contributed by atoms with E-state index in [-0.39, 0.29) is 60.3 Å². The van der Waals surface area contributed by atoms with E-state index in [1.54, 1.807) is 18.6 Å². The number of pyridine rings is 3. The number of benzene rings is 3. The minimum Gasteiger partial charge on any atom is -0.753 e. The summed E-state index contributed by atoms with van der Waals surface area (Å²) >= 11 is 7.40. The van der Waals surface area contributed by atoms with Gasteiger partial charge in [-0.15, -0.1) is 108 Å². The molecule has 0 N–H and O–H groups in total. The van der Waals surface area contributed by atoms with Gasteiger partial charge < -0.3 is 60.3 Å². The minimum absolute atomic E-state index is 0. The van der Waals surface area contributed by atoms with Crippen molar-refractivity contribution in [2.24, 2.45) is 0 Å². The zero-order valence-corrected chi connectivity index (χ0v) is 36.8. The molecule has 0 atom stereocenters. The van der Waals surface area contributed by atoms with Gasteiger partial charge in [-0.3, -0.25) is 9.59 Å². The molecule has 11 nitrogen and oxygen atoms in total. The first-order valence-corrected chi connectivity index (χ1v) is 14.5. The molecule has 16 heteroatoms. The minimum atomic E-state index is 0. The summed E-state index contributed by atoms with van der Waals surface area (Å²) in [5.74, 6) is 0. The van der Waals surface area contributed by atoms with Crippen molar-refractivity contribution in [3.8, 4) is 33.8 Å². The van der Waals surface area contributed by atoms with Crippen molar-refractivity contribution >= 4 is 46.9 Å². The van der Waals surface area contributed by atoms with Crippen LogP contribution in [-0.2, 0) is 69.9 Å². The monoisotopic (exact) mass is 1290 g/mol. The van der Waals surface area contributed by atoms with Gasteiger partial charge in [0.1, 0.15) is 0 Å². The summed E-state index contributed by atoms with van der Waals surface area (Å²) in [5, 5.41) is 43.0. The number of hydrogen-bond donors (Lipinski definition) is 0. The Bertz CT molecular complexity index is 1550. The third-order valence-corrected chi connectivity index (χ3v) is 4.95. The zero-order chi connectivity index (χ0) is 39.5. The Morgan fingerprint density at radius 3 is 0.800 bits per heavy atom. The number of isocyanates is 2. The average molecular weight is 1290 g/mol. The maximum atomic E-state index is 8.24. The quantitative estimate of drug-likeness (QED) is 0.0716. The molecular weight excluding hydrogens is 1270 g/mol. The molecule has 0 aliphatic carbocycles. The summed E-state index contributed by atoms with van der Waals surface area (Å²) in [4.78, 5) is 29.1. The van der Waals surface area contributed by atoms with E-state index in [4.69, 9.17) is 54.9 Å². The second-order valence-corrected chi connectivity index (χ2v) is 8.20. The van der Waals surface area contributed by atoms with E-state index >= 15 is 0 Å². The molecule has 55 heavy (non-hydrogen) atoms. The molecule has 0 unspecified atom stereocenters. The molecule has 0 radical (unpaired) electrons. The van der Waals surface area contributed by atoms with E-state index in [0.717, 1.165) is 33.8 Å². The van der Waals surface area contributed by atoms with E-state index in [0.29, 0.717) is 12.2 Å². The van der Waals surface area contributed by atoms with Crippen LogP contribution < -0.4 is 0 Å². The first-order valence-electron chi connectivity index (χ1n) is 13.7. The molecule has 0 amide bonds. The maximum Gasteiger partial charge on any atom is 3.00 e. The molecule has 0 aliphatic heterocycles. The van der Waals surface area contributed by atoms with Crippen LogP contribution in [0.5, 0.6) is 0 Å². The van der Waals surface area contributed by atoms with E-state index in [2.05, 4.69) is 57.6 Å². The van der Waals surface area contributed by atoms with E-state index in [1.165, 1.54) is 10.3 Å². The number of nitrogens with zero attached hydrogens (tertiary/aromatic N) is 9. The summed E-state index contributed by atoms with van der Waals surface area (Å²) in [6.07, 6.45) is 6.36. The van der Waals surface area contributed by atoms with Crippen molar-refractivity contribution in [3.63, 3.8) is 0 Å². The summed E-state index contributed by atoms with van der Waals surface area (Å²) in [7, 11) is 0. The first kappa shape index (κ1) is 61.4. The van der Waals surface area contributed by atoms with E-state index in [9.17, 15) is 0 Å². The number of aromatic nitrogens is 3. The topological polar surface area (TPSA) is 210 Å². The van der Waals surface area contributed by atoms with Gasteiger partial charge in [0, 0.05) is 18.6 Å². The van der Waals surface area contributed by atoms with Crippen molar-refractivity contribution in [2.45, 2.75) is 0 Å². The fourth-order valence-electron chi connectivity index (χ4n) is 3.22. The standard InChI is InChI=1S/3C11H8N.2CNO.2CNS.2CN.3Ir/c3*1-2-6-10(7-3-1)11-8-4-5-9-12-11;4*2-1-3;2*1-2;;;/h3*1-6,8-9H;;;;;;;;;/q9*-1;3*+3. The van der Waals surface area contributed by atoms with Gasteiger partial charge >= 0.3 is 60.3 Å². The van der Waals surface area contributed by atoms with Crippen LogP contribution in [0.2, 0.25) is 0 Å². The van der Waals surface area contributed by atoms with Crippen LogP contribution in [0, 0.1) is 41.9 Å². The average Bonchev–Trinajstić information content (AvgIpc) is 3.23. The zero-order valence-electron chi connectivity index (χ0n) is 28.0. The van der Waals surface area contributed by atoms with Crippen LogP contribution in [0.3, 0.4) is 0 Å². The van der Waals surface area contributed by atoms with Gasteiger partial charge in [0.25, 0.3) is 0 Å². The van der Waals surface area contributed by atoms with Crippen molar-refractivity contribution in [2.75, 3.05) is 0 Å². The Labute approximate surface area is 372 Å². The molecule has 0 bridgehead atoms. The van der Waals surface area contributed by atoms with E-state index < -0.39 is 0 Å². The third-order valence-electron chi connectivity index (χ3n) is 4.95. The molecule has 0 aliphatic rings. The molecule has 3 heterocycles. The summed E-state index contributed by atoms with van der Waals surface area (Å²) in [6, 6.07) is 50.5. The summed E-state index contributed by atoms with van der Waals surface area (Å²) in [6.45, 7) is 9.50. The summed E-state index contributed by atoms with van der Waals surface area (Å²) in [5.41, 5.74) is 6.03. The van der Waals surface area contributed by atoms with Crippen molar-refractivity contribution < 1.29 is 69.9 Å². The predicted molar refractivity (Wildman–Crippen MR) is 205 cm³/mol. The second-order valence-electron chi connectivity index (χ2n) is 7.84. The van der Waals surface area contributed by atoms with Crippen molar-refractivity contribution in [1.82, 2.24) is 15.0 Å². The second kappa shape index (κ2) is 50.5. The molecular formula is C39H24Ir3N9O2S2. The number of rotatable bonds is 3. The van der Waals surface area contributed by atoms with Gasteiger partial charge in [-0.05, 0) is 47.4 Å². The van der Waals surface area contributed by atoms with Crippen molar-refractivity contribution in [3.05, 3.63) is 199 Å². The number of carbonyl (C=O) groups excluding carboxylic acids is 2. The predicted octanol–water partition coefficient (Wildman–Crippen LogP) is 8.93. The molecule has 276 valence electrons. The van der Waals surface area contributed by atoms with Gasteiger partial charge in [0.15, 0.2) is 0 Å². The Balaban J connectivity index is -0.000000135. The Morgan fingerprint density at radius 2 is 0.655 bits per heavy atom. The molecule has 6 rings (SSSR count). The Kier molecular flexibility index (Phi) is 56.4. The summed E-state index contributed by atoms with van der Waals surface area (Å²) < 4.78 is 0.